The molecule has 0 amide bonds. The van der Waals surface area contributed by atoms with Crippen LogP contribution >= 0.6 is 11.6 Å². The zero-order chi connectivity index (χ0) is 18.2. The van der Waals surface area contributed by atoms with Gasteiger partial charge in [-0.25, -0.2) is 4.68 Å². The minimum Gasteiger partial charge on any atom is -0.496 e. The molecule has 3 nitrogen and oxygen atoms in total. The predicted molar refractivity (Wildman–Crippen MR) is 90.3 cm³/mol. The minimum atomic E-state index is -4.66. The maximum absolute atomic E-state index is 13.3. The lowest BCUT2D eigenvalue weighted by molar-refractivity contribution is -0.141. The quantitative estimate of drug-likeness (QED) is 0.609. The summed E-state index contributed by atoms with van der Waals surface area (Å²) in [7, 11) is 1.45. The molecule has 0 saturated heterocycles. The van der Waals surface area contributed by atoms with E-state index in [1.807, 2.05) is 13.0 Å². The number of rotatable bonds is 3. The van der Waals surface area contributed by atoms with Gasteiger partial charge in [-0.1, -0.05) is 35.9 Å². The number of methoxy groups -OCH3 is 1. The highest BCUT2D eigenvalue weighted by Gasteiger charge is 2.39. The summed E-state index contributed by atoms with van der Waals surface area (Å²) in [5.74, 6) is 0.409. The lowest BCUT2D eigenvalue weighted by Gasteiger charge is -2.12. The first-order valence-corrected chi connectivity index (χ1v) is 7.77. The van der Waals surface area contributed by atoms with Crippen LogP contribution in [0.25, 0.3) is 16.9 Å². The zero-order valence-corrected chi connectivity index (χ0v) is 14.2. The van der Waals surface area contributed by atoms with E-state index in [-0.39, 0.29) is 5.69 Å². The number of halogens is 4. The first-order valence-electron chi connectivity index (χ1n) is 7.39. The van der Waals surface area contributed by atoms with Crippen LogP contribution in [-0.4, -0.2) is 16.9 Å². The Morgan fingerprint density at radius 3 is 2.44 bits per heavy atom. The standard InChI is InChI=1S/C18H14ClF3N2O/c1-11-6-5-7-12(10-11)24-16(13-8-3-4-9-14(13)25-2)15(19)17(23-24)18(20,21)22/h3-10H,1-2H3. The Hall–Kier alpha value is -2.47. The molecule has 0 aliphatic carbocycles. The molecular formula is C18H14ClF3N2O. The second-order valence-electron chi connectivity index (χ2n) is 5.46. The zero-order valence-electron chi connectivity index (χ0n) is 13.4. The van der Waals surface area contributed by atoms with Crippen LogP contribution in [0, 0.1) is 6.92 Å². The number of ether oxygens (including phenoxy) is 1. The highest BCUT2D eigenvalue weighted by atomic mass is 35.5. The van der Waals surface area contributed by atoms with Crippen molar-refractivity contribution in [2.45, 2.75) is 13.1 Å². The normalized spacial score (nSPS) is 11.6. The molecule has 1 heterocycles. The average molecular weight is 367 g/mol. The molecule has 0 unspecified atom stereocenters. The summed E-state index contributed by atoms with van der Waals surface area (Å²) >= 11 is 6.11. The van der Waals surface area contributed by atoms with Crippen molar-refractivity contribution in [3.63, 3.8) is 0 Å². The van der Waals surface area contributed by atoms with Crippen molar-refractivity contribution in [3.8, 4) is 22.7 Å². The van der Waals surface area contributed by atoms with Crippen molar-refractivity contribution in [3.05, 3.63) is 64.8 Å². The van der Waals surface area contributed by atoms with E-state index < -0.39 is 16.9 Å². The molecule has 0 radical (unpaired) electrons. The molecule has 130 valence electrons. The number of para-hydroxylation sites is 1. The second kappa shape index (κ2) is 6.44. The Kier molecular flexibility index (Phi) is 4.47. The van der Waals surface area contributed by atoms with Crippen LogP contribution in [0.15, 0.2) is 48.5 Å². The van der Waals surface area contributed by atoms with Gasteiger partial charge in [0.05, 0.1) is 23.5 Å². The average Bonchev–Trinajstić information content (AvgIpc) is 2.92. The Labute approximate surface area is 147 Å². The smallest absolute Gasteiger partial charge is 0.436 e. The van der Waals surface area contributed by atoms with Gasteiger partial charge in [-0.2, -0.15) is 18.3 Å². The van der Waals surface area contributed by atoms with E-state index in [1.165, 1.54) is 11.8 Å². The monoisotopic (exact) mass is 366 g/mol. The molecular weight excluding hydrogens is 353 g/mol. The van der Waals surface area contributed by atoms with E-state index in [4.69, 9.17) is 16.3 Å². The van der Waals surface area contributed by atoms with Gasteiger partial charge in [-0.15, -0.1) is 0 Å². The molecule has 0 fully saturated rings. The predicted octanol–water partition coefficient (Wildman–Crippen LogP) is 5.53. The van der Waals surface area contributed by atoms with Gasteiger partial charge in [0.15, 0.2) is 5.69 Å². The fourth-order valence-electron chi connectivity index (χ4n) is 2.60. The molecule has 7 heteroatoms. The highest BCUT2D eigenvalue weighted by Crippen LogP contribution is 2.43. The van der Waals surface area contributed by atoms with E-state index in [0.29, 0.717) is 17.0 Å². The Balaban J connectivity index is 2.35. The first-order chi connectivity index (χ1) is 11.8. The van der Waals surface area contributed by atoms with Gasteiger partial charge in [-0.3, -0.25) is 0 Å². The molecule has 0 saturated carbocycles. The van der Waals surface area contributed by atoms with Gasteiger partial charge in [0.25, 0.3) is 0 Å². The molecule has 0 N–H and O–H groups in total. The lowest BCUT2D eigenvalue weighted by atomic mass is 10.1. The van der Waals surface area contributed by atoms with Crippen molar-refractivity contribution in [1.29, 1.82) is 0 Å². The molecule has 0 spiro atoms. The molecule has 0 atom stereocenters. The molecule has 3 rings (SSSR count). The number of hydrogen-bond donors (Lipinski definition) is 0. The van der Waals surface area contributed by atoms with Crippen molar-refractivity contribution in [2.75, 3.05) is 7.11 Å². The third-order valence-corrected chi connectivity index (χ3v) is 4.06. The van der Waals surface area contributed by atoms with E-state index in [1.54, 1.807) is 42.5 Å². The van der Waals surface area contributed by atoms with Crippen LogP contribution in [0.3, 0.4) is 0 Å². The van der Waals surface area contributed by atoms with Crippen LogP contribution in [0.5, 0.6) is 5.75 Å². The largest absolute Gasteiger partial charge is 0.496 e. The van der Waals surface area contributed by atoms with E-state index in [0.717, 1.165) is 5.56 Å². The van der Waals surface area contributed by atoms with Crippen LogP contribution in [-0.2, 0) is 6.18 Å². The topological polar surface area (TPSA) is 27.1 Å². The molecule has 0 bridgehead atoms. The first kappa shape index (κ1) is 17.4. The molecule has 1 aromatic heterocycles. The Bertz CT molecular complexity index is 919. The van der Waals surface area contributed by atoms with Crippen molar-refractivity contribution >= 4 is 11.6 Å². The summed E-state index contributed by atoms with van der Waals surface area (Å²) in [4.78, 5) is 0. The highest BCUT2D eigenvalue weighted by molar-refractivity contribution is 6.34. The number of aryl methyl sites for hydroxylation is 1. The number of hydrogen-bond acceptors (Lipinski definition) is 2. The van der Waals surface area contributed by atoms with E-state index >= 15 is 0 Å². The van der Waals surface area contributed by atoms with Crippen molar-refractivity contribution in [2.24, 2.45) is 0 Å². The number of alkyl halides is 3. The number of aromatic nitrogens is 2. The molecule has 2 aromatic carbocycles. The van der Waals surface area contributed by atoms with Crippen LogP contribution in [0.4, 0.5) is 13.2 Å². The fourth-order valence-corrected chi connectivity index (χ4v) is 2.93. The molecule has 0 aliphatic heterocycles. The third kappa shape index (κ3) is 3.22. The van der Waals surface area contributed by atoms with Gasteiger partial charge in [0, 0.05) is 5.56 Å². The Morgan fingerprint density at radius 1 is 1.08 bits per heavy atom. The fraction of sp³-hybridized carbons (Fsp3) is 0.167. The summed E-state index contributed by atoms with van der Waals surface area (Å²) in [6, 6.07) is 13.8. The summed E-state index contributed by atoms with van der Waals surface area (Å²) in [5.41, 5.74) is 0.815. The number of nitrogens with zero attached hydrogens (tertiary/aromatic N) is 2. The number of benzene rings is 2. The maximum Gasteiger partial charge on any atom is 0.436 e. The van der Waals surface area contributed by atoms with Gasteiger partial charge in [0.2, 0.25) is 0 Å². The van der Waals surface area contributed by atoms with Crippen molar-refractivity contribution < 1.29 is 17.9 Å². The second-order valence-corrected chi connectivity index (χ2v) is 5.84. The molecule has 3 aromatic rings. The van der Waals surface area contributed by atoms with Gasteiger partial charge in [0.1, 0.15) is 5.75 Å². The van der Waals surface area contributed by atoms with Crippen molar-refractivity contribution in [1.82, 2.24) is 9.78 Å². The summed E-state index contributed by atoms with van der Waals surface area (Å²) in [6.45, 7) is 1.85. The third-order valence-electron chi connectivity index (χ3n) is 3.70. The molecule has 0 aliphatic rings. The van der Waals surface area contributed by atoms with Gasteiger partial charge < -0.3 is 4.74 Å². The molecule has 25 heavy (non-hydrogen) atoms. The Morgan fingerprint density at radius 2 is 1.80 bits per heavy atom. The lowest BCUT2D eigenvalue weighted by Crippen LogP contribution is -2.08. The van der Waals surface area contributed by atoms with Gasteiger partial charge in [-0.05, 0) is 36.8 Å². The van der Waals surface area contributed by atoms with Crippen LogP contribution < -0.4 is 4.74 Å². The minimum absolute atomic E-state index is 0.136. The van der Waals surface area contributed by atoms with E-state index in [2.05, 4.69) is 5.10 Å². The SMILES string of the molecule is COc1ccccc1-c1c(Cl)c(C(F)(F)F)nn1-c1cccc(C)c1. The van der Waals surface area contributed by atoms with E-state index in [9.17, 15) is 13.2 Å². The van der Waals surface area contributed by atoms with Crippen LogP contribution in [0.2, 0.25) is 5.02 Å². The maximum atomic E-state index is 13.3. The summed E-state index contributed by atoms with van der Waals surface area (Å²) in [6.07, 6.45) is -4.66. The van der Waals surface area contributed by atoms with Crippen LogP contribution in [0.1, 0.15) is 11.3 Å². The van der Waals surface area contributed by atoms with Gasteiger partial charge >= 0.3 is 6.18 Å². The summed E-state index contributed by atoms with van der Waals surface area (Å²) in [5, 5.41) is 3.29. The summed E-state index contributed by atoms with van der Waals surface area (Å²) < 4.78 is 46.5.